The van der Waals surface area contributed by atoms with Crippen LogP contribution in [-0.4, -0.2) is 67.9 Å². The summed E-state index contributed by atoms with van der Waals surface area (Å²) in [6.07, 6.45) is 5.60. The molecule has 2 aromatic rings. The first-order chi connectivity index (χ1) is 15.3. The van der Waals surface area contributed by atoms with Crippen LogP contribution in [0.1, 0.15) is 24.8 Å². The van der Waals surface area contributed by atoms with Crippen LogP contribution in [-0.2, 0) is 30.9 Å². The molecule has 0 spiro atoms. The highest BCUT2D eigenvalue weighted by atomic mass is 32.2. The maximum absolute atomic E-state index is 12.6. The molecule has 1 atom stereocenters. The highest BCUT2D eigenvalue weighted by Crippen LogP contribution is 2.22. The third kappa shape index (κ3) is 5.60. The molecule has 1 fully saturated rings. The van der Waals surface area contributed by atoms with Crippen molar-refractivity contribution in [1.82, 2.24) is 19.6 Å². The number of nitrogens with one attached hydrogen (secondary N) is 1. The van der Waals surface area contributed by atoms with Gasteiger partial charge in [0.1, 0.15) is 6.04 Å². The Balaban J connectivity index is 1.57. The Morgan fingerprint density at radius 1 is 1.16 bits per heavy atom. The molecular weight excluding hydrogens is 434 g/mol. The number of esters is 1. The fraction of sp³-hybridized carbons (Fsp3) is 0.429. The van der Waals surface area contributed by atoms with Crippen molar-refractivity contribution < 1.29 is 22.7 Å². The van der Waals surface area contributed by atoms with Crippen molar-refractivity contribution >= 4 is 27.8 Å². The smallest absolute Gasteiger partial charge is 0.329 e. The van der Waals surface area contributed by atoms with E-state index in [2.05, 4.69) is 15.3 Å². The Kier molecular flexibility index (Phi) is 7.75. The van der Waals surface area contributed by atoms with Crippen LogP contribution in [0.2, 0.25) is 0 Å². The lowest BCUT2D eigenvalue weighted by molar-refractivity contribution is -0.150. The first kappa shape index (κ1) is 23.6. The van der Waals surface area contributed by atoms with Gasteiger partial charge < -0.3 is 15.0 Å². The van der Waals surface area contributed by atoms with Gasteiger partial charge in [0.15, 0.2) is 6.61 Å². The second-order valence-electron chi connectivity index (χ2n) is 7.53. The van der Waals surface area contributed by atoms with Crippen molar-refractivity contribution in [3.8, 4) is 0 Å². The van der Waals surface area contributed by atoms with Gasteiger partial charge in [-0.05, 0) is 37.0 Å². The van der Waals surface area contributed by atoms with Gasteiger partial charge in [-0.1, -0.05) is 18.2 Å². The molecule has 0 saturated carbocycles. The fourth-order valence-corrected chi connectivity index (χ4v) is 4.55. The molecule has 1 aliphatic heterocycles. The molecule has 0 radical (unpaired) electrons. The number of rotatable bonds is 8. The summed E-state index contributed by atoms with van der Waals surface area (Å²) >= 11 is 0. The number of carbonyl (C=O) groups is 2. The van der Waals surface area contributed by atoms with Gasteiger partial charge in [-0.25, -0.2) is 27.5 Å². The van der Waals surface area contributed by atoms with Gasteiger partial charge in [-0.3, -0.25) is 4.79 Å². The largest absolute Gasteiger partial charge is 0.454 e. The van der Waals surface area contributed by atoms with Gasteiger partial charge in [0.05, 0.1) is 4.90 Å². The van der Waals surface area contributed by atoms with Gasteiger partial charge in [0.25, 0.3) is 5.91 Å². The first-order valence-electron chi connectivity index (χ1n) is 10.3. The zero-order chi connectivity index (χ0) is 23.1. The molecule has 172 valence electrons. The number of ether oxygens (including phenoxy) is 1. The van der Waals surface area contributed by atoms with E-state index in [1.165, 1.54) is 20.2 Å². The summed E-state index contributed by atoms with van der Waals surface area (Å²) in [6, 6.07) is 7.58. The molecule has 11 heteroatoms. The first-order valence-corrected chi connectivity index (χ1v) is 11.7. The van der Waals surface area contributed by atoms with E-state index in [9.17, 15) is 18.0 Å². The molecule has 0 aliphatic carbocycles. The van der Waals surface area contributed by atoms with Crippen molar-refractivity contribution in [1.29, 1.82) is 0 Å². The molecule has 32 heavy (non-hydrogen) atoms. The van der Waals surface area contributed by atoms with Crippen LogP contribution in [0, 0.1) is 0 Å². The zero-order valence-electron chi connectivity index (χ0n) is 18.1. The number of anilines is 1. The van der Waals surface area contributed by atoms with Gasteiger partial charge >= 0.3 is 5.97 Å². The predicted octanol–water partition coefficient (Wildman–Crippen LogP) is 0.945. The van der Waals surface area contributed by atoms with Crippen molar-refractivity contribution in [2.75, 3.05) is 32.1 Å². The SMILES string of the molecule is CN(C)S(=O)(=O)c1ccccc1CNC(=O)COC(=O)C1CCCCN1c1ncccn1. The zero-order valence-corrected chi connectivity index (χ0v) is 18.9. The average molecular weight is 462 g/mol. The second-order valence-corrected chi connectivity index (χ2v) is 9.65. The quantitative estimate of drug-likeness (QED) is 0.577. The Bertz CT molecular complexity index is 1050. The number of carbonyl (C=O) groups excluding carboxylic acids is 2. The third-order valence-electron chi connectivity index (χ3n) is 5.14. The van der Waals surface area contributed by atoms with E-state index in [1.807, 2.05) is 0 Å². The van der Waals surface area contributed by atoms with E-state index in [1.54, 1.807) is 41.6 Å². The molecule has 3 rings (SSSR count). The normalized spacial score (nSPS) is 16.6. The number of sulfonamides is 1. The van der Waals surface area contributed by atoms with E-state index in [4.69, 9.17) is 4.74 Å². The minimum absolute atomic E-state index is 0.00691. The lowest BCUT2D eigenvalue weighted by Crippen LogP contribution is -2.47. The molecule has 2 heterocycles. The van der Waals surface area contributed by atoms with Crippen LogP contribution < -0.4 is 10.2 Å². The second kappa shape index (κ2) is 10.5. The molecule has 1 N–H and O–H groups in total. The minimum atomic E-state index is -3.65. The molecule has 1 unspecified atom stereocenters. The van der Waals surface area contributed by atoms with Crippen LogP contribution >= 0.6 is 0 Å². The summed E-state index contributed by atoms with van der Waals surface area (Å²) in [4.78, 5) is 35.2. The highest BCUT2D eigenvalue weighted by molar-refractivity contribution is 7.89. The van der Waals surface area contributed by atoms with Crippen molar-refractivity contribution in [2.45, 2.75) is 36.7 Å². The number of aromatic nitrogens is 2. The van der Waals surface area contributed by atoms with Crippen molar-refractivity contribution in [2.24, 2.45) is 0 Å². The maximum Gasteiger partial charge on any atom is 0.329 e. The summed E-state index contributed by atoms with van der Waals surface area (Å²) in [6.45, 7) is 0.168. The van der Waals surface area contributed by atoms with Crippen LogP contribution in [0.25, 0.3) is 0 Å². The maximum atomic E-state index is 12.6. The molecule has 1 amide bonds. The van der Waals surface area contributed by atoms with Crippen molar-refractivity contribution in [3.63, 3.8) is 0 Å². The van der Waals surface area contributed by atoms with E-state index >= 15 is 0 Å². The Hall–Kier alpha value is -3.05. The van der Waals surface area contributed by atoms with E-state index in [0.717, 1.165) is 17.1 Å². The average Bonchev–Trinajstić information content (AvgIpc) is 2.81. The van der Waals surface area contributed by atoms with E-state index in [0.29, 0.717) is 24.5 Å². The number of benzene rings is 1. The molecule has 10 nitrogen and oxygen atoms in total. The lowest BCUT2D eigenvalue weighted by Gasteiger charge is -2.33. The van der Waals surface area contributed by atoms with E-state index < -0.39 is 34.5 Å². The molecule has 1 aliphatic rings. The summed E-state index contributed by atoms with van der Waals surface area (Å²) < 4.78 is 31.3. The Morgan fingerprint density at radius 2 is 1.88 bits per heavy atom. The van der Waals surface area contributed by atoms with Crippen LogP contribution in [0.5, 0.6) is 0 Å². The molecule has 1 aromatic heterocycles. The van der Waals surface area contributed by atoms with Crippen LogP contribution in [0.4, 0.5) is 5.95 Å². The van der Waals surface area contributed by atoms with Gasteiger partial charge in [0, 0.05) is 39.6 Å². The molecule has 0 bridgehead atoms. The van der Waals surface area contributed by atoms with Gasteiger partial charge in [-0.15, -0.1) is 0 Å². The van der Waals surface area contributed by atoms with Crippen LogP contribution in [0.15, 0.2) is 47.6 Å². The summed E-state index contributed by atoms with van der Waals surface area (Å²) in [5.74, 6) is -0.575. The fourth-order valence-electron chi connectivity index (χ4n) is 3.43. The lowest BCUT2D eigenvalue weighted by atomic mass is 10.0. The summed E-state index contributed by atoms with van der Waals surface area (Å²) in [7, 11) is -0.762. The summed E-state index contributed by atoms with van der Waals surface area (Å²) in [5, 5.41) is 2.61. The topological polar surface area (TPSA) is 122 Å². The van der Waals surface area contributed by atoms with Gasteiger partial charge in [0.2, 0.25) is 16.0 Å². The van der Waals surface area contributed by atoms with Crippen LogP contribution in [0.3, 0.4) is 0 Å². The van der Waals surface area contributed by atoms with E-state index in [-0.39, 0.29) is 11.4 Å². The standard InChI is InChI=1S/C21H27N5O5S/c1-25(2)32(29,30)18-10-4-3-8-16(18)14-24-19(27)15-31-20(28)17-9-5-6-13-26(17)21-22-11-7-12-23-21/h3-4,7-8,10-12,17H,5-6,9,13-15H2,1-2H3,(H,24,27). The van der Waals surface area contributed by atoms with Gasteiger partial charge in [-0.2, -0.15) is 0 Å². The number of hydrogen-bond acceptors (Lipinski definition) is 8. The Morgan fingerprint density at radius 3 is 2.59 bits per heavy atom. The number of hydrogen-bond donors (Lipinski definition) is 1. The number of amides is 1. The number of nitrogens with zero attached hydrogens (tertiary/aromatic N) is 4. The highest BCUT2D eigenvalue weighted by Gasteiger charge is 2.32. The molecular formula is C21H27N5O5S. The Labute approximate surface area is 187 Å². The molecule has 1 aromatic carbocycles. The number of piperidine rings is 1. The monoisotopic (exact) mass is 461 g/mol. The predicted molar refractivity (Wildman–Crippen MR) is 117 cm³/mol. The minimum Gasteiger partial charge on any atom is -0.454 e. The summed E-state index contributed by atoms with van der Waals surface area (Å²) in [5.41, 5.74) is 0.445. The third-order valence-corrected chi connectivity index (χ3v) is 7.05. The molecule has 1 saturated heterocycles. The van der Waals surface area contributed by atoms with Crippen molar-refractivity contribution in [3.05, 3.63) is 48.3 Å².